The number of hydrogen-bond acceptors (Lipinski definition) is 2. The van der Waals surface area contributed by atoms with Gasteiger partial charge in [0.2, 0.25) is 0 Å². The van der Waals surface area contributed by atoms with Crippen molar-refractivity contribution in [2.24, 2.45) is 0 Å². The Morgan fingerprint density at radius 3 is 2.73 bits per heavy atom. The van der Waals surface area contributed by atoms with Crippen molar-refractivity contribution in [2.75, 3.05) is 13.6 Å². The van der Waals surface area contributed by atoms with Crippen LogP contribution in [-0.2, 0) is 0 Å². The highest BCUT2D eigenvalue weighted by atomic mass is 32.1. The van der Waals surface area contributed by atoms with Crippen molar-refractivity contribution in [3.63, 3.8) is 0 Å². The fraction of sp³-hybridized carbons (Fsp3) is 0.545. The number of rotatable bonds is 3. The molecule has 0 fully saturated rings. The monoisotopic (exact) mass is 226 g/mol. The minimum Gasteiger partial charge on any atom is -0.331 e. The zero-order valence-corrected chi connectivity index (χ0v) is 10.5. The first-order valence-electron chi connectivity index (χ1n) is 5.12. The summed E-state index contributed by atoms with van der Waals surface area (Å²) in [5.74, 6) is 0. The number of carbonyl (C=O) groups excluding carboxylic acids is 1. The van der Waals surface area contributed by atoms with Crippen LogP contribution in [0.4, 0.5) is 4.79 Å². The van der Waals surface area contributed by atoms with Gasteiger partial charge in [-0.2, -0.15) is 0 Å². The molecule has 1 aromatic rings. The standard InChI is InChI=1S/C11H18N2OS/c1-5-13(4)11(14)12-9(3)10-7-6-8(2)15-10/h6-7,9H,5H2,1-4H3,(H,12,14). The average Bonchev–Trinajstić information content (AvgIpc) is 2.63. The summed E-state index contributed by atoms with van der Waals surface area (Å²) in [6.45, 7) is 6.76. The van der Waals surface area contributed by atoms with Gasteiger partial charge in [0.25, 0.3) is 0 Å². The van der Waals surface area contributed by atoms with Gasteiger partial charge in [-0.15, -0.1) is 11.3 Å². The van der Waals surface area contributed by atoms with Crippen LogP contribution in [0.2, 0.25) is 0 Å². The normalized spacial score (nSPS) is 12.3. The van der Waals surface area contributed by atoms with Crippen LogP contribution in [0.1, 0.15) is 29.6 Å². The molecule has 84 valence electrons. The largest absolute Gasteiger partial charge is 0.331 e. The summed E-state index contributed by atoms with van der Waals surface area (Å²) in [6, 6.07) is 4.21. The Labute approximate surface area is 95.1 Å². The second-order valence-corrected chi connectivity index (χ2v) is 4.95. The van der Waals surface area contributed by atoms with E-state index in [1.54, 1.807) is 23.3 Å². The maximum absolute atomic E-state index is 11.6. The van der Waals surface area contributed by atoms with E-state index in [1.165, 1.54) is 9.75 Å². The molecule has 0 aliphatic heterocycles. The quantitative estimate of drug-likeness (QED) is 0.844. The lowest BCUT2D eigenvalue weighted by molar-refractivity contribution is 0.208. The topological polar surface area (TPSA) is 32.3 Å². The Kier molecular flexibility index (Phi) is 4.15. The molecule has 1 heterocycles. The predicted molar refractivity (Wildman–Crippen MR) is 64.3 cm³/mol. The van der Waals surface area contributed by atoms with Crippen molar-refractivity contribution < 1.29 is 4.79 Å². The lowest BCUT2D eigenvalue weighted by Gasteiger charge is -2.19. The van der Waals surface area contributed by atoms with Gasteiger partial charge in [0.1, 0.15) is 0 Å². The van der Waals surface area contributed by atoms with Crippen LogP contribution in [-0.4, -0.2) is 24.5 Å². The zero-order chi connectivity index (χ0) is 11.4. The van der Waals surface area contributed by atoms with Crippen molar-refractivity contribution in [3.8, 4) is 0 Å². The number of aryl methyl sites for hydroxylation is 1. The Balaban J connectivity index is 2.56. The highest BCUT2D eigenvalue weighted by Gasteiger charge is 2.12. The summed E-state index contributed by atoms with van der Waals surface area (Å²) in [6.07, 6.45) is 0. The first-order valence-corrected chi connectivity index (χ1v) is 5.94. The van der Waals surface area contributed by atoms with Crippen LogP contribution in [0, 0.1) is 6.92 Å². The van der Waals surface area contributed by atoms with Gasteiger partial charge in [-0.25, -0.2) is 4.79 Å². The van der Waals surface area contributed by atoms with Crippen molar-refractivity contribution in [3.05, 3.63) is 21.9 Å². The highest BCUT2D eigenvalue weighted by molar-refractivity contribution is 7.12. The fourth-order valence-corrected chi connectivity index (χ4v) is 2.08. The molecule has 0 aromatic carbocycles. The van der Waals surface area contributed by atoms with Crippen molar-refractivity contribution in [1.82, 2.24) is 10.2 Å². The number of urea groups is 1. The SMILES string of the molecule is CCN(C)C(=O)NC(C)c1ccc(C)s1. The molecular weight excluding hydrogens is 208 g/mol. The van der Waals surface area contributed by atoms with E-state index in [4.69, 9.17) is 0 Å². The van der Waals surface area contributed by atoms with Crippen LogP contribution >= 0.6 is 11.3 Å². The molecule has 1 N–H and O–H groups in total. The molecule has 0 aliphatic carbocycles. The predicted octanol–water partition coefficient (Wildman–Crippen LogP) is 2.78. The molecule has 0 saturated carbocycles. The van der Waals surface area contributed by atoms with Gasteiger partial charge < -0.3 is 10.2 Å². The van der Waals surface area contributed by atoms with Gasteiger partial charge in [0, 0.05) is 23.3 Å². The van der Waals surface area contributed by atoms with Crippen LogP contribution < -0.4 is 5.32 Å². The Morgan fingerprint density at radius 1 is 1.60 bits per heavy atom. The summed E-state index contributed by atoms with van der Waals surface area (Å²) < 4.78 is 0. The van der Waals surface area contributed by atoms with Gasteiger partial charge in [-0.05, 0) is 32.9 Å². The number of hydrogen-bond donors (Lipinski definition) is 1. The molecule has 0 aliphatic rings. The van der Waals surface area contributed by atoms with Crippen molar-refractivity contribution in [2.45, 2.75) is 26.8 Å². The van der Waals surface area contributed by atoms with E-state index in [0.717, 1.165) is 6.54 Å². The first kappa shape index (κ1) is 12.0. The van der Waals surface area contributed by atoms with Crippen LogP contribution in [0.3, 0.4) is 0 Å². The molecule has 3 nitrogen and oxygen atoms in total. The van der Waals surface area contributed by atoms with Gasteiger partial charge in [-0.3, -0.25) is 0 Å². The minimum atomic E-state index is -0.0175. The lowest BCUT2D eigenvalue weighted by Crippen LogP contribution is -2.38. The molecule has 0 bridgehead atoms. The van der Waals surface area contributed by atoms with E-state index >= 15 is 0 Å². The molecule has 4 heteroatoms. The molecule has 15 heavy (non-hydrogen) atoms. The number of nitrogens with one attached hydrogen (secondary N) is 1. The van der Waals surface area contributed by atoms with Crippen molar-refractivity contribution in [1.29, 1.82) is 0 Å². The summed E-state index contributed by atoms with van der Waals surface area (Å²) in [7, 11) is 1.79. The van der Waals surface area contributed by atoms with Crippen LogP contribution in [0.25, 0.3) is 0 Å². The van der Waals surface area contributed by atoms with Gasteiger partial charge in [0.05, 0.1) is 6.04 Å². The number of carbonyl (C=O) groups is 1. The molecule has 1 unspecified atom stereocenters. The summed E-state index contributed by atoms with van der Waals surface area (Å²) in [4.78, 5) is 15.7. The molecule has 1 atom stereocenters. The zero-order valence-electron chi connectivity index (χ0n) is 9.70. The second-order valence-electron chi connectivity index (χ2n) is 3.63. The van der Waals surface area contributed by atoms with E-state index in [2.05, 4.69) is 24.4 Å². The average molecular weight is 226 g/mol. The molecule has 1 aromatic heterocycles. The van der Waals surface area contributed by atoms with Gasteiger partial charge in [-0.1, -0.05) is 0 Å². The third kappa shape index (κ3) is 3.23. The third-order valence-electron chi connectivity index (χ3n) is 2.35. The Morgan fingerprint density at radius 2 is 2.27 bits per heavy atom. The maximum Gasteiger partial charge on any atom is 0.317 e. The van der Waals surface area contributed by atoms with E-state index in [-0.39, 0.29) is 12.1 Å². The summed E-state index contributed by atoms with van der Waals surface area (Å²) >= 11 is 1.72. The lowest BCUT2D eigenvalue weighted by atomic mass is 10.3. The molecule has 0 saturated heterocycles. The summed E-state index contributed by atoms with van der Waals surface area (Å²) in [5, 5.41) is 2.96. The third-order valence-corrected chi connectivity index (χ3v) is 3.53. The Hall–Kier alpha value is -1.03. The molecule has 0 spiro atoms. The molecule has 2 amide bonds. The number of amides is 2. The van der Waals surface area contributed by atoms with Gasteiger partial charge in [0.15, 0.2) is 0 Å². The maximum atomic E-state index is 11.6. The molecule has 0 radical (unpaired) electrons. The highest BCUT2D eigenvalue weighted by Crippen LogP contribution is 2.22. The minimum absolute atomic E-state index is 0.0175. The Bertz CT molecular complexity index is 335. The van der Waals surface area contributed by atoms with Crippen molar-refractivity contribution >= 4 is 17.4 Å². The molecule has 1 rings (SSSR count). The van der Waals surface area contributed by atoms with E-state index < -0.39 is 0 Å². The second kappa shape index (κ2) is 5.16. The number of nitrogens with zero attached hydrogens (tertiary/aromatic N) is 1. The van der Waals surface area contributed by atoms with E-state index in [9.17, 15) is 4.79 Å². The van der Waals surface area contributed by atoms with E-state index in [1.807, 2.05) is 13.8 Å². The fourth-order valence-electron chi connectivity index (χ4n) is 1.20. The van der Waals surface area contributed by atoms with Crippen LogP contribution in [0.5, 0.6) is 0 Å². The smallest absolute Gasteiger partial charge is 0.317 e. The first-order chi connectivity index (χ1) is 7.04. The van der Waals surface area contributed by atoms with Crippen LogP contribution in [0.15, 0.2) is 12.1 Å². The molecular formula is C11H18N2OS. The summed E-state index contributed by atoms with van der Waals surface area (Å²) in [5.41, 5.74) is 0. The number of thiophene rings is 1. The van der Waals surface area contributed by atoms with Gasteiger partial charge >= 0.3 is 6.03 Å². The van der Waals surface area contributed by atoms with E-state index in [0.29, 0.717) is 0 Å².